The first kappa shape index (κ1) is 9.16. The molecule has 0 bridgehead atoms. The molecule has 1 nitrogen and oxygen atoms in total. The van der Waals surface area contributed by atoms with Gasteiger partial charge >= 0.3 is 0 Å². The van der Waals surface area contributed by atoms with Crippen LogP contribution in [0.2, 0.25) is 0 Å². The molecule has 0 radical (unpaired) electrons. The zero-order chi connectivity index (χ0) is 9.97. The first-order valence-electron chi connectivity index (χ1n) is 4.46. The summed E-state index contributed by atoms with van der Waals surface area (Å²) in [5.41, 5.74) is 2.25. The SMILES string of the molecule is C=C/C=C/c1ccc2sc(C)nc2c1. The Kier molecular flexibility index (Phi) is 2.46. The van der Waals surface area contributed by atoms with Crippen LogP contribution in [0.4, 0.5) is 0 Å². The Morgan fingerprint density at radius 3 is 3.07 bits per heavy atom. The Bertz CT molecular complexity index is 494. The number of allylic oxidation sites excluding steroid dienone is 2. The van der Waals surface area contributed by atoms with Gasteiger partial charge < -0.3 is 0 Å². The number of rotatable bonds is 2. The maximum atomic E-state index is 4.44. The highest BCUT2D eigenvalue weighted by Crippen LogP contribution is 2.22. The molecule has 0 aliphatic rings. The summed E-state index contributed by atoms with van der Waals surface area (Å²) in [6.07, 6.45) is 5.73. The fraction of sp³-hybridized carbons (Fsp3) is 0.0833. The van der Waals surface area contributed by atoms with Crippen LogP contribution < -0.4 is 0 Å². The van der Waals surface area contributed by atoms with Crippen molar-refractivity contribution < 1.29 is 0 Å². The van der Waals surface area contributed by atoms with Gasteiger partial charge in [0.25, 0.3) is 0 Å². The molecular weight excluding hydrogens is 190 g/mol. The molecule has 1 heterocycles. The first-order valence-corrected chi connectivity index (χ1v) is 5.27. The molecule has 2 heteroatoms. The van der Waals surface area contributed by atoms with E-state index >= 15 is 0 Å². The summed E-state index contributed by atoms with van der Waals surface area (Å²) in [4.78, 5) is 4.44. The maximum Gasteiger partial charge on any atom is 0.0907 e. The van der Waals surface area contributed by atoms with Gasteiger partial charge in [-0.2, -0.15) is 0 Å². The van der Waals surface area contributed by atoms with Crippen LogP contribution in [0.5, 0.6) is 0 Å². The Morgan fingerprint density at radius 1 is 1.43 bits per heavy atom. The van der Waals surface area contributed by atoms with Crippen LogP contribution >= 0.6 is 11.3 Å². The van der Waals surface area contributed by atoms with Crippen LogP contribution in [0.3, 0.4) is 0 Å². The Labute approximate surface area is 87.4 Å². The van der Waals surface area contributed by atoms with E-state index in [-0.39, 0.29) is 0 Å². The number of aryl methyl sites for hydroxylation is 1. The van der Waals surface area contributed by atoms with E-state index in [1.54, 1.807) is 17.4 Å². The predicted molar refractivity (Wildman–Crippen MR) is 63.6 cm³/mol. The zero-order valence-electron chi connectivity index (χ0n) is 8.03. The van der Waals surface area contributed by atoms with E-state index < -0.39 is 0 Å². The van der Waals surface area contributed by atoms with Crippen LogP contribution in [0.1, 0.15) is 10.6 Å². The van der Waals surface area contributed by atoms with Gasteiger partial charge in [-0.1, -0.05) is 30.9 Å². The molecule has 0 spiro atoms. The minimum atomic E-state index is 1.08. The Morgan fingerprint density at radius 2 is 2.29 bits per heavy atom. The third-order valence-corrected chi connectivity index (χ3v) is 2.90. The second kappa shape index (κ2) is 3.76. The van der Waals surface area contributed by atoms with Gasteiger partial charge in [-0.05, 0) is 24.6 Å². The van der Waals surface area contributed by atoms with Crippen molar-refractivity contribution in [1.82, 2.24) is 4.98 Å². The monoisotopic (exact) mass is 201 g/mol. The average Bonchev–Trinajstić information content (AvgIpc) is 2.54. The van der Waals surface area contributed by atoms with Gasteiger partial charge in [0.2, 0.25) is 0 Å². The largest absolute Gasteiger partial charge is 0.241 e. The van der Waals surface area contributed by atoms with Gasteiger partial charge in [0, 0.05) is 0 Å². The minimum absolute atomic E-state index is 1.08. The van der Waals surface area contributed by atoms with Crippen LogP contribution in [0.15, 0.2) is 36.9 Å². The lowest BCUT2D eigenvalue weighted by Gasteiger charge is -1.91. The molecule has 2 rings (SSSR count). The number of fused-ring (bicyclic) bond motifs is 1. The molecule has 0 unspecified atom stereocenters. The molecule has 1 aromatic carbocycles. The van der Waals surface area contributed by atoms with Crippen molar-refractivity contribution in [2.75, 3.05) is 0 Å². The lowest BCUT2D eigenvalue weighted by molar-refractivity contribution is 1.35. The van der Waals surface area contributed by atoms with Crippen molar-refractivity contribution in [3.8, 4) is 0 Å². The van der Waals surface area contributed by atoms with E-state index in [0.29, 0.717) is 0 Å². The number of hydrogen-bond donors (Lipinski definition) is 0. The third-order valence-electron chi connectivity index (χ3n) is 1.94. The van der Waals surface area contributed by atoms with Gasteiger partial charge in [-0.3, -0.25) is 0 Å². The fourth-order valence-corrected chi connectivity index (χ4v) is 2.15. The molecule has 0 atom stereocenters. The van der Waals surface area contributed by atoms with Gasteiger partial charge in [0.15, 0.2) is 0 Å². The maximum absolute atomic E-state index is 4.44. The Balaban J connectivity index is 2.50. The van der Waals surface area contributed by atoms with E-state index in [2.05, 4.69) is 29.8 Å². The standard InChI is InChI=1S/C12H11NS/c1-3-4-5-10-6-7-12-11(8-10)13-9(2)14-12/h3-8H,1H2,2H3/b5-4+. The molecule has 0 aliphatic heterocycles. The van der Waals surface area contributed by atoms with Gasteiger partial charge in [0.1, 0.15) is 0 Å². The van der Waals surface area contributed by atoms with E-state index in [9.17, 15) is 0 Å². The van der Waals surface area contributed by atoms with Crippen LogP contribution in [0, 0.1) is 6.92 Å². The summed E-state index contributed by atoms with van der Waals surface area (Å²) in [6.45, 7) is 5.67. The smallest absolute Gasteiger partial charge is 0.0907 e. The number of thiazole rings is 1. The predicted octanol–water partition coefficient (Wildman–Crippen LogP) is 3.80. The Hall–Kier alpha value is -1.41. The highest BCUT2D eigenvalue weighted by Gasteiger charge is 1.99. The molecule has 14 heavy (non-hydrogen) atoms. The number of benzene rings is 1. The number of hydrogen-bond acceptors (Lipinski definition) is 2. The van der Waals surface area contributed by atoms with Crippen molar-refractivity contribution in [3.63, 3.8) is 0 Å². The van der Waals surface area contributed by atoms with Crippen LogP contribution in [0.25, 0.3) is 16.3 Å². The fourth-order valence-electron chi connectivity index (χ4n) is 1.34. The molecular formula is C12H11NS. The van der Waals surface area contributed by atoms with Crippen molar-refractivity contribution in [2.24, 2.45) is 0 Å². The number of aromatic nitrogens is 1. The van der Waals surface area contributed by atoms with Gasteiger partial charge in [0.05, 0.1) is 15.2 Å². The zero-order valence-corrected chi connectivity index (χ0v) is 8.84. The molecule has 70 valence electrons. The summed E-state index contributed by atoms with van der Waals surface area (Å²) in [7, 11) is 0. The van der Waals surface area contributed by atoms with Crippen LogP contribution in [-0.4, -0.2) is 4.98 Å². The quantitative estimate of drug-likeness (QED) is 0.673. The summed E-state index contributed by atoms with van der Waals surface area (Å²) < 4.78 is 1.25. The molecule has 0 saturated carbocycles. The van der Waals surface area contributed by atoms with E-state index in [0.717, 1.165) is 10.5 Å². The highest BCUT2D eigenvalue weighted by atomic mass is 32.1. The van der Waals surface area contributed by atoms with E-state index in [1.807, 2.05) is 19.1 Å². The van der Waals surface area contributed by atoms with E-state index in [1.165, 1.54) is 10.3 Å². The topological polar surface area (TPSA) is 12.9 Å². The molecule has 0 N–H and O–H groups in total. The summed E-state index contributed by atoms with van der Waals surface area (Å²) in [5.74, 6) is 0. The van der Waals surface area contributed by atoms with Crippen molar-refractivity contribution >= 4 is 27.6 Å². The molecule has 0 aliphatic carbocycles. The molecule has 2 aromatic rings. The molecule has 0 saturated heterocycles. The summed E-state index contributed by atoms with van der Waals surface area (Å²) in [6, 6.07) is 6.31. The normalized spacial score (nSPS) is 11.2. The van der Waals surface area contributed by atoms with Gasteiger partial charge in [-0.15, -0.1) is 11.3 Å². The van der Waals surface area contributed by atoms with Crippen molar-refractivity contribution in [2.45, 2.75) is 6.92 Å². The summed E-state index contributed by atoms with van der Waals surface area (Å²) >= 11 is 1.73. The molecule has 1 aromatic heterocycles. The number of nitrogens with zero attached hydrogens (tertiary/aromatic N) is 1. The summed E-state index contributed by atoms with van der Waals surface area (Å²) in [5, 5.41) is 1.12. The lowest BCUT2D eigenvalue weighted by Crippen LogP contribution is -1.72. The second-order valence-electron chi connectivity index (χ2n) is 3.05. The highest BCUT2D eigenvalue weighted by molar-refractivity contribution is 7.18. The average molecular weight is 201 g/mol. The van der Waals surface area contributed by atoms with Crippen molar-refractivity contribution in [1.29, 1.82) is 0 Å². The minimum Gasteiger partial charge on any atom is -0.241 e. The lowest BCUT2D eigenvalue weighted by atomic mass is 10.2. The van der Waals surface area contributed by atoms with E-state index in [4.69, 9.17) is 0 Å². The first-order chi connectivity index (χ1) is 6.79. The van der Waals surface area contributed by atoms with Crippen LogP contribution in [-0.2, 0) is 0 Å². The molecule has 0 fully saturated rings. The van der Waals surface area contributed by atoms with Crippen molar-refractivity contribution in [3.05, 3.63) is 47.5 Å². The third kappa shape index (κ3) is 1.75. The molecule has 0 amide bonds. The van der Waals surface area contributed by atoms with Gasteiger partial charge in [-0.25, -0.2) is 4.98 Å². The second-order valence-corrected chi connectivity index (χ2v) is 4.29.